The van der Waals surface area contributed by atoms with Crippen molar-refractivity contribution < 1.29 is 0 Å². The Bertz CT molecular complexity index is 689. The second-order valence-electron chi connectivity index (χ2n) is 4.53. The zero-order valence-corrected chi connectivity index (χ0v) is 13.2. The monoisotopic (exact) mass is 330 g/mol. The van der Waals surface area contributed by atoms with Crippen molar-refractivity contribution in [2.24, 2.45) is 0 Å². The molecule has 0 aliphatic carbocycles. The van der Waals surface area contributed by atoms with Crippen LogP contribution in [-0.4, -0.2) is 10.2 Å². The summed E-state index contributed by atoms with van der Waals surface area (Å²) >= 11 is 3.46. The first kappa shape index (κ1) is 14.5. The molecule has 1 aromatic heterocycles. The van der Waals surface area contributed by atoms with Gasteiger partial charge in [-0.3, -0.25) is 0 Å². The van der Waals surface area contributed by atoms with Crippen LogP contribution in [0.2, 0.25) is 0 Å². The van der Waals surface area contributed by atoms with E-state index in [4.69, 9.17) is 0 Å². The molecule has 1 N–H and O–H groups in total. The van der Waals surface area contributed by atoms with E-state index in [1.165, 1.54) is 0 Å². The maximum atomic E-state index is 9.31. The average Bonchev–Trinajstić information content (AvgIpc) is 2.45. The second-order valence-corrected chi connectivity index (χ2v) is 5.44. The normalized spacial score (nSPS) is 10.2. The molecule has 0 atom stereocenters. The van der Waals surface area contributed by atoms with Crippen molar-refractivity contribution in [2.45, 2.75) is 27.2 Å². The zero-order valence-electron chi connectivity index (χ0n) is 11.7. The van der Waals surface area contributed by atoms with Crippen molar-refractivity contribution in [3.63, 3.8) is 0 Å². The largest absolute Gasteiger partial charge is 0.337 e. The van der Waals surface area contributed by atoms with Gasteiger partial charge in [0, 0.05) is 10.2 Å². The van der Waals surface area contributed by atoms with Gasteiger partial charge in [0.25, 0.3) is 0 Å². The van der Waals surface area contributed by atoms with Crippen molar-refractivity contribution in [3.05, 3.63) is 45.1 Å². The fourth-order valence-corrected chi connectivity index (χ4v) is 2.35. The number of halogens is 1. The van der Waals surface area contributed by atoms with Gasteiger partial charge in [-0.1, -0.05) is 22.9 Å². The molecule has 1 aromatic carbocycles. The number of nitriles is 1. The van der Waals surface area contributed by atoms with Crippen LogP contribution < -0.4 is 5.32 Å². The van der Waals surface area contributed by atoms with E-state index in [0.29, 0.717) is 11.4 Å². The summed E-state index contributed by atoms with van der Waals surface area (Å²) in [4.78, 5) is 0. The molecule has 1 heterocycles. The minimum absolute atomic E-state index is 0.507. The van der Waals surface area contributed by atoms with Crippen molar-refractivity contribution in [1.82, 2.24) is 10.2 Å². The first-order valence-electron chi connectivity index (χ1n) is 6.36. The number of aryl methyl sites for hydroxylation is 2. The van der Waals surface area contributed by atoms with Gasteiger partial charge in [0.2, 0.25) is 0 Å². The Morgan fingerprint density at radius 3 is 2.70 bits per heavy atom. The van der Waals surface area contributed by atoms with Gasteiger partial charge in [-0.25, -0.2) is 0 Å². The number of hydrogen-bond acceptors (Lipinski definition) is 4. The first-order chi connectivity index (χ1) is 9.56. The zero-order chi connectivity index (χ0) is 14.7. The van der Waals surface area contributed by atoms with Crippen LogP contribution in [0.5, 0.6) is 0 Å². The summed E-state index contributed by atoms with van der Waals surface area (Å²) in [6.07, 6.45) is 0.891. The van der Waals surface area contributed by atoms with Gasteiger partial charge in [-0.05, 0) is 49.6 Å². The predicted molar refractivity (Wildman–Crippen MR) is 83.0 cm³/mol. The Balaban J connectivity index is 2.46. The number of anilines is 2. The highest BCUT2D eigenvalue weighted by atomic mass is 79.9. The van der Waals surface area contributed by atoms with E-state index in [0.717, 1.165) is 33.4 Å². The molecule has 0 aliphatic rings. The van der Waals surface area contributed by atoms with Gasteiger partial charge in [-0.15, -0.1) is 5.10 Å². The fraction of sp³-hybridized carbons (Fsp3) is 0.267. The maximum absolute atomic E-state index is 9.31. The van der Waals surface area contributed by atoms with E-state index in [-0.39, 0.29) is 0 Å². The molecule has 0 unspecified atom stereocenters. The van der Waals surface area contributed by atoms with Crippen LogP contribution in [-0.2, 0) is 6.42 Å². The molecule has 20 heavy (non-hydrogen) atoms. The lowest BCUT2D eigenvalue weighted by molar-refractivity contribution is 0.959. The Morgan fingerprint density at radius 1 is 1.30 bits per heavy atom. The topological polar surface area (TPSA) is 61.6 Å². The third-order valence-electron chi connectivity index (χ3n) is 3.27. The van der Waals surface area contributed by atoms with Crippen LogP contribution in [0.25, 0.3) is 0 Å². The highest BCUT2D eigenvalue weighted by Gasteiger charge is 2.12. The molecule has 0 saturated carbocycles. The lowest BCUT2D eigenvalue weighted by Gasteiger charge is -2.13. The predicted octanol–water partition coefficient (Wildman–Crippen LogP) is 4.03. The molecular weight excluding hydrogens is 316 g/mol. The molecule has 0 fully saturated rings. The summed E-state index contributed by atoms with van der Waals surface area (Å²) in [7, 11) is 0. The molecule has 0 spiro atoms. The van der Waals surface area contributed by atoms with Crippen LogP contribution in [0.15, 0.2) is 22.7 Å². The van der Waals surface area contributed by atoms with Gasteiger partial charge in [0.05, 0.1) is 5.69 Å². The summed E-state index contributed by atoms with van der Waals surface area (Å²) in [6.45, 7) is 5.82. The number of benzene rings is 1. The lowest BCUT2D eigenvalue weighted by atomic mass is 10.1. The number of aromatic nitrogens is 2. The van der Waals surface area contributed by atoms with Crippen molar-refractivity contribution in [1.29, 1.82) is 5.26 Å². The molecule has 5 heteroatoms. The summed E-state index contributed by atoms with van der Waals surface area (Å²) in [5.41, 5.74) is 4.29. The number of nitrogens with zero attached hydrogens (tertiary/aromatic N) is 3. The summed E-state index contributed by atoms with van der Waals surface area (Å²) in [5.74, 6) is 0.507. The molecule has 2 rings (SSSR count). The third kappa shape index (κ3) is 2.81. The van der Waals surface area contributed by atoms with Crippen LogP contribution in [0.1, 0.15) is 29.3 Å². The van der Waals surface area contributed by atoms with Crippen molar-refractivity contribution in [2.75, 3.05) is 5.32 Å². The minimum Gasteiger partial charge on any atom is -0.337 e. The Labute approximate surface area is 127 Å². The van der Waals surface area contributed by atoms with Crippen LogP contribution in [0.3, 0.4) is 0 Å². The van der Waals surface area contributed by atoms with Crippen LogP contribution in [0.4, 0.5) is 11.5 Å². The highest BCUT2D eigenvalue weighted by molar-refractivity contribution is 9.10. The van der Waals surface area contributed by atoms with Gasteiger partial charge in [0.1, 0.15) is 11.6 Å². The van der Waals surface area contributed by atoms with Crippen LogP contribution in [0, 0.1) is 25.2 Å². The Morgan fingerprint density at radius 2 is 2.05 bits per heavy atom. The molecule has 0 bridgehead atoms. The summed E-state index contributed by atoms with van der Waals surface area (Å²) < 4.78 is 1.03. The molecule has 2 aromatic rings. The van der Waals surface area contributed by atoms with E-state index in [2.05, 4.69) is 50.5 Å². The Hall–Kier alpha value is -1.93. The van der Waals surface area contributed by atoms with Gasteiger partial charge >= 0.3 is 0 Å². The molecular formula is C15H15BrN4. The highest BCUT2D eigenvalue weighted by Crippen LogP contribution is 2.26. The molecule has 0 aliphatic heterocycles. The average molecular weight is 331 g/mol. The van der Waals surface area contributed by atoms with Crippen LogP contribution >= 0.6 is 15.9 Å². The Kier molecular flexibility index (Phi) is 4.35. The smallest absolute Gasteiger partial charge is 0.171 e. The number of hydrogen-bond donors (Lipinski definition) is 1. The maximum Gasteiger partial charge on any atom is 0.171 e. The van der Waals surface area contributed by atoms with Gasteiger partial charge in [-0.2, -0.15) is 10.4 Å². The van der Waals surface area contributed by atoms with E-state index >= 15 is 0 Å². The molecule has 0 amide bonds. The van der Waals surface area contributed by atoms with E-state index in [1.807, 2.05) is 26.0 Å². The van der Waals surface area contributed by atoms with E-state index in [9.17, 15) is 5.26 Å². The molecule has 0 saturated heterocycles. The van der Waals surface area contributed by atoms with E-state index < -0.39 is 0 Å². The second kappa shape index (κ2) is 6.02. The molecule has 102 valence electrons. The summed E-state index contributed by atoms with van der Waals surface area (Å²) in [6, 6.07) is 8.19. The standard InChI is InChI=1S/C15H15BrN4/c1-4-11-7-12(16)5-6-14(11)18-15-13(8-17)9(2)10(3)19-20-15/h5-7H,4H2,1-3H3,(H,18,20). The van der Waals surface area contributed by atoms with E-state index in [1.54, 1.807) is 0 Å². The fourth-order valence-electron chi connectivity index (χ4n) is 1.94. The minimum atomic E-state index is 0.507. The molecule has 0 radical (unpaired) electrons. The quantitative estimate of drug-likeness (QED) is 0.922. The first-order valence-corrected chi connectivity index (χ1v) is 7.15. The SMILES string of the molecule is CCc1cc(Br)ccc1Nc1nnc(C)c(C)c1C#N. The van der Waals surface area contributed by atoms with Gasteiger partial charge in [0.15, 0.2) is 5.82 Å². The molecule has 4 nitrogen and oxygen atoms in total. The lowest BCUT2D eigenvalue weighted by Crippen LogP contribution is -2.05. The summed E-state index contributed by atoms with van der Waals surface area (Å²) in [5, 5.41) is 20.7. The van der Waals surface area contributed by atoms with Crippen molar-refractivity contribution in [3.8, 4) is 6.07 Å². The van der Waals surface area contributed by atoms with Gasteiger partial charge < -0.3 is 5.32 Å². The number of rotatable bonds is 3. The third-order valence-corrected chi connectivity index (χ3v) is 3.76. The number of nitrogens with one attached hydrogen (secondary N) is 1. The van der Waals surface area contributed by atoms with Crippen molar-refractivity contribution >= 4 is 27.4 Å².